The average Bonchev–Trinajstić information content (AvgIpc) is 3.35. The van der Waals surface area contributed by atoms with Crippen molar-refractivity contribution in [2.45, 2.75) is 212 Å². The van der Waals surface area contributed by atoms with Crippen LogP contribution in [0.3, 0.4) is 0 Å². The van der Waals surface area contributed by atoms with Gasteiger partial charge in [-0.1, -0.05) is 168 Å². The summed E-state index contributed by atoms with van der Waals surface area (Å²) in [5.41, 5.74) is 0. The van der Waals surface area contributed by atoms with Crippen molar-refractivity contribution in [3.8, 4) is 0 Å². The molecule has 0 rings (SSSR count). The molecular weight excluding hydrogens is 1010 g/mol. The number of carbonyl (C=O) groups excluding carboxylic acids is 4. The van der Waals surface area contributed by atoms with Crippen LogP contribution in [0.5, 0.6) is 0 Å². The minimum atomic E-state index is -1.45. The van der Waals surface area contributed by atoms with Gasteiger partial charge in [-0.25, -0.2) is 4.79 Å². The lowest BCUT2D eigenvalue weighted by Crippen LogP contribution is -2.51. The smallest absolute Gasteiger partial charge is 0.332 e. The summed E-state index contributed by atoms with van der Waals surface area (Å²) in [5, 5.41) is 47.1. The Kier molecular flexibility index (Phi) is 46.2. The van der Waals surface area contributed by atoms with Crippen LogP contribution in [-0.2, 0) is 66.8 Å². The second-order valence-electron chi connectivity index (χ2n) is 19.9. The molecule has 0 radical (unpaired) electrons. The third-order valence-corrected chi connectivity index (χ3v) is 12.7. The van der Waals surface area contributed by atoms with Gasteiger partial charge in [0.15, 0.2) is 6.10 Å². The molecule has 22 nitrogen and oxygen atoms in total. The number of carbonyl (C=O) groups is 9. The first-order valence-corrected chi connectivity index (χ1v) is 28.5. The van der Waals surface area contributed by atoms with E-state index in [4.69, 9.17) is 33.9 Å². The summed E-state index contributed by atoms with van der Waals surface area (Å²) in [4.78, 5) is 112. The topological polar surface area (TPSA) is 311 Å². The first-order valence-electron chi connectivity index (χ1n) is 28.5. The van der Waals surface area contributed by atoms with E-state index in [1.165, 1.54) is 114 Å². The second kappa shape index (κ2) is 49.4. The van der Waals surface area contributed by atoms with Gasteiger partial charge < -0.3 is 49.2 Å². The maximum Gasteiger partial charge on any atom is 0.332 e. The Morgan fingerprint density at radius 1 is 0.390 bits per heavy atom. The number of esters is 4. The lowest BCUT2D eigenvalue weighted by atomic mass is 10.0. The lowest BCUT2D eigenvalue weighted by Gasteiger charge is -2.33. The Labute approximate surface area is 457 Å². The number of hydrogen-bond donors (Lipinski definition) is 5. The molecule has 0 heterocycles. The summed E-state index contributed by atoms with van der Waals surface area (Å²) >= 11 is 0. The minimum absolute atomic E-state index is 0.152. The highest BCUT2D eigenvalue weighted by atomic mass is 16.6. The molecule has 0 spiro atoms. The molecule has 0 aliphatic carbocycles. The standard InChI is InChI=1S/C55H97N3O19/c1-3-5-7-9-11-13-15-17-19-21-23-25-27-29-52(69)75-42-46(77-53(70)30-28-26-24-22-20-18-16-14-12-10-8-6-4-2)43-76-55(72)44-73-33-34-74-54(71)41-58(40-51(67)68)45(35-47(59)60)36-56(37-48(61)62)31-32-57(38-49(63)64)39-50(65)66/h45-46H,3-44H2,1-2H3,(H,59,60)(H,61,62)(H,63,64)(H,65,66)(H,67,68). The molecule has 0 aromatic heterocycles. The zero-order valence-electron chi connectivity index (χ0n) is 46.6. The highest BCUT2D eigenvalue weighted by molar-refractivity contribution is 5.75. The van der Waals surface area contributed by atoms with Crippen LogP contribution in [0, 0.1) is 0 Å². The number of rotatable bonds is 56. The van der Waals surface area contributed by atoms with Crippen LogP contribution in [0.25, 0.3) is 0 Å². The van der Waals surface area contributed by atoms with E-state index >= 15 is 0 Å². The predicted octanol–water partition coefficient (Wildman–Crippen LogP) is 7.59. The SMILES string of the molecule is CCCCCCCCCCCCCCCC(=O)OCC(COC(=O)COCCOC(=O)CN(CC(=O)O)C(CC(=O)O)CN(CCN(CC(=O)O)CC(=O)O)CC(=O)O)OC(=O)CCCCCCCCCCCCCCC. The van der Waals surface area contributed by atoms with E-state index in [9.17, 15) is 58.5 Å². The lowest BCUT2D eigenvalue weighted by molar-refractivity contribution is -0.168. The Bertz CT molecular complexity index is 1620. The van der Waals surface area contributed by atoms with Gasteiger partial charge in [-0.3, -0.25) is 53.1 Å². The molecule has 0 fully saturated rings. The molecule has 0 aliphatic heterocycles. The van der Waals surface area contributed by atoms with Crippen LogP contribution in [0.1, 0.15) is 200 Å². The third kappa shape index (κ3) is 48.0. The van der Waals surface area contributed by atoms with E-state index in [1.807, 2.05) is 0 Å². The van der Waals surface area contributed by atoms with Crippen molar-refractivity contribution < 1.29 is 92.4 Å². The summed E-state index contributed by atoms with van der Waals surface area (Å²) in [6.07, 6.45) is 28.7. The van der Waals surface area contributed by atoms with Crippen molar-refractivity contribution in [3.63, 3.8) is 0 Å². The number of unbranched alkanes of at least 4 members (excludes halogenated alkanes) is 24. The Morgan fingerprint density at radius 3 is 1.21 bits per heavy atom. The van der Waals surface area contributed by atoms with Crippen molar-refractivity contribution in [3.05, 3.63) is 0 Å². The molecule has 77 heavy (non-hydrogen) atoms. The van der Waals surface area contributed by atoms with Gasteiger partial charge in [-0.15, -0.1) is 0 Å². The summed E-state index contributed by atoms with van der Waals surface area (Å²) in [6.45, 7) is -2.34. The second-order valence-corrected chi connectivity index (χ2v) is 19.9. The summed E-state index contributed by atoms with van der Waals surface area (Å²) < 4.78 is 26.8. The molecule has 22 heteroatoms. The van der Waals surface area contributed by atoms with Crippen molar-refractivity contribution in [1.29, 1.82) is 0 Å². The first-order chi connectivity index (χ1) is 36.9. The van der Waals surface area contributed by atoms with E-state index in [-0.39, 0.29) is 39.1 Å². The average molecular weight is 1100 g/mol. The predicted molar refractivity (Wildman–Crippen MR) is 285 cm³/mol. The third-order valence-electron chi connectivity index (χ3n) is 12.7. The van der Waals surface area contributed by atoms with Crippen LogP contribution >= 0.6 is 0 Å². The number of aliphatic carboxylic acids is 5. The molecule has 0 amide bonds. The molecule has 5 N–H and O–H groups in total. The van der Waals surface area contributed by atoms with Gasteiger partial charge in [0.25, 0.3) is 0 Å². The number of carboxylic acid groups (broad SMARTS) is 5. The van der Waals surface area contributed by atoms with Crippen LogP contribution in [0.15, 0.2) is 0 Å². The molecule has 0 aromatic carbocycles. The highest BCUT2D eigenvalue weighted by Gasteiger charge is 2.29. The Hall–Kier alpha value is -4.93. The quantitative estimate of drug-likeness (QED) is 0.0222. The largest absolute Gasteiger partial charge is 0.481 e. The van der Waals surface area contributed by atoms with Crippen LogP contribution < -0.4 is 0 Å². The molecule has 0 saturated heterocycles. The fraction of sp³-hybridized carbons (Fsp3) is 0.836. The van der Waals surface area contributed by atoms with E-state index in [0.717, 1.165) is 54.7 Å². The molecule has 0 bridgehead atoms. The Balaban J connectivity index is 5.21. The number of carboxylic acids is 5. The molecule has 2 unspecified atom stereocenters. The van der Waals surface area contributed by atoms with Gasteiger partial charge in [0.05, 0.1) is 45.8 Å². The first kappa shape index (κ1) is 72.1. The molecule has 0 saturated carbocycles. The molecule has 0 aliphatic rings. The van der Waals surface area contributed by atoms with Gasteiger partial charge in [-0.2, -0.15) is 0 Å². The summed E-state index contributed by atoms with van der Waals surface area (Å²) in [5.74, 6) is -9.77. The molecule has 0 aromatic rings. The number of ether oxygens (including phenoxy) is 5. The zero-order valence-corrected chi connectivity index (χ0v) is 46.6. The molecular formula is C55H97N3O19. The van der Waals surface area contributed by atoms with E-state index in [0.29, 0.717) is 12.8 Å². The van der Waals surface area contributed by atoms with Gasteiger partial charge in [0, 0.05) is 38.5 Å². The van der Waals surface area contributed by atoms with Crippen molar-refractivity contribution >= 4 is 53.7 Å². The van der Waals surface area contributed by atoms with E-state index in [1.54, 1.807) is 0 Å². The molecule has 2 atom stereocenters. The number of nitrogens with zero attached hydrogens (tertiary/aromatic N) is 3. The maximum absolute atomic E-state index is 12.9. The summed E-state index contributed by atoms with van der Waals surface area (Å²) in [6, 6.07) is -1.29. The van der Waals surface area contributed by atoms with Gasteiger partial charge >= 0.3 is 53.7 Å². The van der Waals surface area contributed by atoms with Crippen LogP contribution in [0.2, 0.25) is 0 Å². The van der Waals surface area contributed by atoms with Crippen molar-refractivity contribution in [1.82, 2.24) is 14.7 Å². The number of hydrogen-bond acceptors (Lipinski definition) is 17. The fourth-order valence-electron chi connectivity index (χ4n) is 8.60. The normalized spacial score (nSPS) is 12.1. The Morgan fingerprint density at radius 2 is 0.779 bits per heavy atom. The van der Waals surface area contributed by atoms with E-state index in [2.05, 4.69) is 13.8 Å². The van der Waals surface area contributed by atoms with Crippen molar-refractivity contribution in [2.24, 2.45) is 0 Å². The maximum atomic E-state index is 12.9. The zero-order chi connectivity index (χ0) is 57.3. The van der Waals surface area contributed by atoms with E-state index < -0.39 is 131 Å². The van der Waals surface area contributed by atoms with Crippen molar-refractivity contribution in [2.75, 3.05) is 85.4 Å². The van der Waals surface area contributed by atoms with Gasteiger partial charge in [0.1, 0.15) is 26.4 Å². The highest BCUT2D eigenvalue weighted by Crippen LogP contribution is 2.16. The fourth-order valence-corrected chi connectivity index (χ4v) is 8.60. The monoisotopic (exact) mass is 1100 g/mol. The van der Waals surface area contributed by atoms with Crippen LogP contribution in [0.4, 0.5) is 0 Å². The summed E-state index contributed by atoms with van der Waals surface area (Å²) in [7, 11) is 0. The van der Waals surface area contributed by atoms with Crippen LogP contribution in [-0.4, -0.2) is 191 Å². The van der Waals surface area contributed by atoms with Gasteiger partial charge in [0.2, 0.25) is 0 Å². The minimum Gasteiger partial charge on any atom is -0.481 e. The van der Waals surface area contributed by atoms with Gasteiger partial charge in [-0.05, 0) is 12.8 Å². The molecule has 446 valence electrons.